The third kappa shape index (κ3) is 3.50. The Kier molecular flexibility index (Phi) is 4.02. The second kappa shape index (κ2) is 6.10. The minimum atomic E-state index is -0.432. The summed E-state index contributed by atoms with van der Waals surface area (Å²) in [5, 5.41) is 10.2. The van der Waals surface area contributed by atoms with E-state index in [0.717, 1.165) is 17.5 Å². The molecule has 0 fully saturated rings. The van der Waals surface area contributed by atoms with Crippen molar-refractivity contribution in [3.8, 4) is 0 Å². The highest BCUT2D eigenvalue weighted by molar-refractivity contribution is 5.72. The Morgan fingerprint density at radius 2 is 2.00 bits per heavy atom. The quantitative estimate of drug-likeness (QED) is 0.776. The molecule has 0 aliphatic carbocycles. The van der Waals surface area contributed by atoms with Crippen LogP contribution in [0.4, 0.5) is 0 Å². The highest BCUT2D eigenvalue weighted by Gasteiger charge is 2.11. The molecule has 0 amide bonds. The number of nitrogens with zero attached hydrogens (tertiary/aromatic N) is 1. The Hall–Kier alpha value is -2.13. The van der Waals surface area contributed by atoms with Gasteiger partial charge in [0.25, 0.3) is 0 Å². The Morgan fingerprint density at radius 3 is 2.81 bits per heavy atom. The molecule has 1 N–H and O–H groups in total. The van der Waals surface area contributed by atoms with E-state index in [4.69, 9.17) is 4.42 Å². The lowest BCUT2D eigenvalue weighted by Crippen LogP contribution is -2.11. The fourth-order valence-corrected chi connectivity index (χ4v) is 2.51. The molecule has 0 aliphatic rings. The molecule has 0 saturated heterocycles. The van der Waals surface area contributed by atoms with Gasteiger partial charge in [-0.1, -0.05) is 42.0 Å². The van der Waals surface area contributed by atoms with Gasteiger partial charge in [-0.2, -0.15) is 0 Å². The molecule has 0 radical (unpaired) electrons. The van der Waals surface area contributed by atoms with Gasteiger partial charge in [0.05, 0.1) is 12.5 Å². The molecule has 21 heavy (non-hydrogen) atoms. The summed E-state index contributed by atoms with van der Waals surface area (Å²) in [5.41, 5.74) is 4.13. The van der Waals surface area contributed by atoms with Gasteiger partial charge in [0, 0.05) is 0 Å². The summed E-state index contributed by atoms with van der Waals surface area (Å²) in [6.07, 6.45) is 1.60. The maximum atomic E-state index is 10.2. The van der Waals surface area contributed by atoms with Crippen LogP contribution in [0.25, 0.3) is 11.1 Å². The molecule has 1 heterocycles. The molecule has 0 saturated carbocycles. The van der Waals surface area contributed by atoms with Crippen molar-refractivity contribution in [1.82, 2.24) is 4.98 Å². The predicted molar refractivity (Wildman–Crippen MR) is 83.2 cm³/mol. The number of hydrogen-bond acceptors (Lipinski definition) is 3. The van der Waals surface area contributed by atoms with E-state index in [1.54, 1.807) is 0 Å². The summed E-state index contributed by atoms with van der Waals surface area (Å²) in [6, 6.07) is 16.1. The number of para-hydroxylation sites is 2. The smallest absolute Gasteiger partial charge is 0.198 e. The Labute approximate surface area is 124 Å². The highest BCUT2D eigenvalue weighted by Crippen LogP contribution is 2.17. The summed E-state index contributed by atoms with van der Waals surface area (Å²) in [5.74, 6) is 0.605. The second-order valence-corrected chi connectivity index (χ2v) is 5.46. The van der Waals surface area contributed by atoms with Gasteiger partial charge in [-0.05, 0) is 37.5 Å². The summed E-state index contributed by atoms with van der Waals surface area (Å²) < 4.78 is 5.64. The average Bonchev–Trinajstić information content (AvgIpc) is 2.87. The topological polar surface area (TPSA) is 46.3 Å². The molecular formula is C18H19NO2. The van der Waals surface area contributed by atoms with Crippen molar-refractivity contribution >= 4 is 11.1 Å². The van der Waals surface area contributed by atoms with Crippen LogP contribution in [0, 0.1) is 6.92 Å². The molecule has 0 spiro atoms. The van der Waals surface area contributed by atoms with Crippen LogP contribution < -0.4 is 0 Å². The van der Waals surface area contributed by atoms with Gasteiger partial charge in [0.2, 0.25) is 0 Å². The molecule has 3 rings (SSSR count). The van der Waals surface area contributed by atoms with Gasteiger partial charge >= 0.3 is 0 Å². The van der Waals surface area contributed by atoms with E-state index in [-0.39, 0.29) is 0 Å². The van der Waals surface area contributed by atoms with Crippen LogP contribution in [0.5, 0.6) is 0 Å². The number of aliphatic hydroxyl groups excluding tert-OH is 1. The Bertz CT molecular complexity index is 700. The predicted octanol–water partition coefficient (Wildman–Crippen LogP) is 3.67. The third-order valence-corrected chi connectivity index (χ3v) is 3.60. The van der Waals surface area contributed by atoms with Crippen LogP contribution in [0.2, 0.25) is 0 Å². The van der Waals surface area contributed by atoms with Crippen molar-refractivity contribution in [2.45, 2.75) is 32.3 Å². The van der Waals surface area contributed by atoms with Crippen molar-refractivity contribution in [2.24, 2.45) is 0 Å². The molecule has 3 nitrogen and oxygen atoms in total. The number of rotatable bonds is 5. The fourth-order valence-electron chi connectivity index (χ4n) is 2.51. The van der Waals surface area contributed by atoms with Crippen LogP contribution in [-0.2, 0) is 12.8 Å². The maximum absolute atomic E-state index is 10.2. The molecule has 1 atom stereocenters. The zero-order chi connectivity index (χ0) is 14.7. The standard InChI is InChI=1S/C18H19NO2/c1-13-5-4-6-14(11-13)9-10-15(20)12-18-19-16-7-2-3-8-17(16)21-18/h2-8,11,15,20H,9-10,12H2,1H3. The number of oxazole rings is 1. The van der Waals surface area contributed by atoms with Crippen LogP contribution in [0.1, 0.15) is 23.4 Å². The lowest BCUT2D eigenvalue weighted by atomic mass is 10.0. The maximum Gasteiger partial charge on any atom is 0.198 e. The van der Waals surface area contributed by atoms with Crippen molar-refractivity contribution in [2.75, 3.05) is 0 Å². The fraction of sp³-hybridized carbons (Fsp3) is 0.278. The number of hydrogen-bond donors (Lipinski definition) is 1. The van der Waals surface area contributed by atoms with Crippen LogP contribution >= 0.6 is 0 Å². The first-order chi connectivity index (χ1) is 10.2. The van der Waals surface area contributed by atoms with Crippen LogP contribution in [0.3, 0.4) is 0 Å². The highest BCUT2D eigenvalue weighted by atomic mass is 16.4. The van der Waals surface area contributed by atoms with E-state index in [9.17, 15) is 5.11 Å². The van der Waals surface area contributed by atoms with Gasteiger partial charge in [-0.3, -0.25) is 0 Å². The lowest BCUT2D eigenvalue weighted by Gasteiger charge is -2.08. The van der Waals surface area contributed by atoms with Gasteiger partial charge in [-0.25, -0.2) is 4.98 Å². The first-order valence-corrected chi connectivity index (χ1v) is 7.29. The molecule has 0 bridgehead atoms. The average molecular weight is 281 g/mol. The van der Waals surface area contributed by atoms with Crippen molar-refractivity contribution in [1.29, 1.82) is 0 Å². The summed E-state index contributed by atoms with van der Waals surface area (Å²) in [7, 11) is 0. The number of benzene rings is 2. The summed E-state index contributed by atoms with van der Waals surface area (Å²) in [4.78, 5) is 4.40. The minimum Gasteiger partial charge on any atom is -0.441 e. The van der Waals surface area contributed by atoms with Gasteiger partial charge in [-0.15, -0.1) is 0 Å². The number of aryl methyl sites for hydroxylation is 2. The monoisotopic (exact) mass is 281 g/mol. The first-order valence-electron chi connectivity index (χ1n) is 7.29. The zero-order valence-electron chi connectivity index (χ0n) is 12.1. The molecule has 3 heteroatoms. The minimum absolute atomic E-state index is 0.432. The Morgan fingerprint density at radius 1 is 1.14 bits per heavy atom. The van der Waals surface area contributed by atoms with E-state index in [2.05, 4.69) is 36.2 Å². The van der Waals surface area contributed by atoms with Gasteiger partial charge in [0.1, 0.15) is 5.52 Å². The number of aliphatic hydroxyl groups is 1. The summed E-state index contributed by atoms with van der Waals surface area (Å²) >= 11 is 0. The zero-order valence-corrected chi connectivity index (χ0v) is 12.1. The molecule has 108 valence electrons. The molecule has 0 aliphatic heterocycles. The van der Waals surface area contributed by atoms with Crippen molar-refractivity contribution in [3.63, 3.8) is 0 Å². The van der Waals surface area contributed by atoms with E-state index in [0.29, 0.717) is 18.7 Å². The van der Waals surface area contributed by atoms with Gasteiger partial charge in [0.15, 0.2) is 11.5 Å². The van der Waals surface area contributed by atoms with E-state index < -0.39 is 6.10 Å². The van der Waals surface area contributed by atoms with E-state index >= 15 is 0 Å². The number of aromatic nitrogens is 1. The van der Waals surface area contributed by atoms with Crippen molar-refractivity contribution < 1.29 is 9.52 Å². The molecule has 3 aromatic rings. The Balaban J connectivity index is 1.59. The van der Waals surface area contributed by atoms with Crippen molar-refractivity contribution in [3.05, 3.63) is 65.5 Å². The van der Waals surface area contributed by atoms with Crippen LogP contribution in [-0.4, -0.2) is 16.2 Å². The lowest BCUT2D eigenvalue weighted by molar-refractivity contribution is 0.157. The molecule has 2 aromatic carbocycles. The SMILES string of the molecule is Cc1cccc(CCC(O)Cc2nc3ccccc3o2)c1. The van der Waals surface area contributed by atoms with E-state index in [1.807, 2.05) is 24.3 Å². The largest absolute Gasteiger partial charge is 0.441 e. The summed E-state index contributed by atoms with van der Waals surface area (Å²) in [6.45, 7) is 2.08. The molecule has 1 aromatic heterocycles. The third-order valence-electron chi connectivity index (χ3n) is 3.60. The molecule has 1 unspecified atom stereocenters. The van der Waals surface area contributed by atoms with Gasteiger partial charge < -0.3 is 9.52 Å². The van der Waals surface area contributed by atoms with Crippen LogP contribution in [0.15, 0.2) is 52.9 Å². The first kappa shape index (κ1) is 13.8. The number of fused-ring (bicyclic) bond motifs is 1. The van der Waals surface area contributed by atoms with E-state index in [1.165, 1.54) is 11.1 Å². The molecular weight excluding hydrogens is 262 g/mol. The second-order valence-electron chi connectivity index (χ2n) is 5.46. The normalized spacial score (nSPS) is 12.7.